The number of halogens is 3. The number of hydrogen-bond acceptors (Lipinski definition) is 1. The molecule has 0 aliphatic carbocycles. The van der Waals surface area contributed by atoms with Crippen molar-refractivity contribution in [2.45, 2.75) is 0 Å². The molecule has 0 atom stereocenters. The van der Waals surface area contributed by atoms with Crippen molar-refractivity contribution in [3.05, 3.63) is 25.1 Å². The van der Waals surface area contributed by atoms with Gasteiger partial charge >= 0.3 is 5.97 Å². The van der Waals surface area contributed by atoms with E-state index in [4.69, 9.17) is 5.11 Å². The van der Waals surface area contributed by atoms with Crippen LogP contribution in [0.4, 0.5) is 13.2 Å². The third-order valence-corrected chi connectivity index (χ3v) is 0.257. The molecule has 0 rings (SSSR count). The first-order chi connectivity index (χ1) is 4.54. The quantitative estimate of drug-likeness (QED) is 0.586. The highest BCUT2D eigenvalue weighted by molar-refractivity contribution is 5.78. The molecule has 0 aromatic heterocycles. The van der Waals surface area contributed by atoms with Crippen LogP contribution >= 0.6 is 0 Å². The van der Waals surface area contributed by atoms with Gasteiger partial charge in [0.25, 0.3) is 6.08 Å². The molecule has 0 saturated carbocycles. The smallest absolute Gasteiger partial charge is 0.327 e. The van der Waals surface area contributed by atoms with E-state index in [2.05, 4.69) is 6.58 Å². The van der Waals surface area contributed by atoms with Crippen LogP contribution in [-0.2, 0) is 4.79 Å². The summed E-state index contributed by atoms with van der Waals surface area (Å²) in [5.41, 5.74) is 0. The van der Waals surface area contributed by atoms with E-state index in [1.54, 1.807) is 0 Å². The molecule has 1 N–H and O–H groups in total. The summed E-state index contributed by atoms with van der Waals surface area (Å²) < 4.78 is 30.7. The number of carbonyl (C=O) groups is 1. The molecule has 0 aromatic rings. The minimum atomic E-state index is -2.29. The van der Waals surface area contributed by atoms with Crippen LogP contribution in [0.15, 0.2) is 25.1 Å². The zero-order valence-corrected chi connectivity index (χ0v) is 4.85. The van der Waals surface area contributed by atoms with E-state index in [9.17, 15) is 18.0 Å². The zero-order valence-electron chi connectivity index (χ0n) is 4.85. The molecule has 10 heavy (non-hydrogen) atoms. The minimum absolute atomic E-state index is 0.750. The largest absolute Gasteiger partial charge is 0.478 e. The summed E-state index contributed by atoms with van der Waals surface area (Å²) in [6.45, 7) is 2.96. The van der Waals surface area contributed by atoms with Crippen molar-refractivity contribution in [2.24, 2.45) is 0 Å². The monoisotopic (exact) mass is 154 g/mol. The van der Waals surface area contributed by atoms with Gasteiger partial charge in [-0.2, -0.15) is 8.78 Å². The number of rotatable bonds is 1. The van der Waals surface area contributed by atoms with Gasteiger partial charge in [0.2, 0.25) is 0 Å². The summed E-state index contributed by atoms with van der Waals surface area (Å²) in [4.78, 5) is 9.25. The second-order valence-electron chi connectivity index (χ2n) is 0.941. The zero-order chi connectivity index (χ0) is 8.57. The van der Waals surface area contributed by atoms with Crippen molar-refractivity contribution in [1.82, 2.24) is 0 Å². The molecule has 0 heterocycles. The molecular weight excluding hydrogens is 149 g/mol. The Morgan fingerprint density at radius 1 is 1.50 bits per heavy atom. The fourth-order valence-electron chi connectivity index (χ4n) is 0. The summed E-state index contributed by atoms with van der Waals surface area (Å²) >= 11 is 0. The fourth-order valence-corrected chi connectivity index (χ4v) is 0. The van der Waals surface area contributed by atoms with Gasteiger partial charge in [-0.05, 0) is 0 Å². The predicted octanol–water partition coefficient (Wildman–Crippen LogP) is 1.95. The van der Waals surface area contributed by atoms with Crippen molar-refractivity contribution in [3.8, 4) is 0 Å². The maximum absolute atomic E-state index is 10.2. The van der Waals surface area contributed by atoms with Gasteiger partial charge in [0.1, 0.15) is 0 Å². The van der Waals surface area contributed by atoms with Crippen LogP contribution in [0, 0.1) is 0 Å². The Hall–Kier alpha value is -1.26. The van der Waals surface area contributed by atoms with Crippen molar-refractivity contribution in [1.29, 1.82) is 0 Å². The Bertz CT molecular complexity index is 138. The van der Waals surface area contributed by atoms with E-state index >= 15 is 0 Å². The summed E-state index contributed by atoms with van der Waals surface area (Å²) in [5.74, 6) is -0.981. The lowest BCUT2D eigenvalue weighted by molar-refractivity contribution is -0.131. The molecule has 0 radical (unpaired) electrons. The first kappa shape index (κ1) is 11.5. The summed E-state index contributed by atoms with van der Waals surface area (Å²) in [5, 5.41) is 7.60. The van der Waals surface area contributed by atoms with Crippen LogP contribution in [0.2, 0.25) is 0 Å². The highest BCUT2D eigenvalue weighted by atomic mass is 19.3. The topological polar surface area (TPSA) is 37.3 Å². The second-order valence-corrected chi connectivity index (χ2v) is 0.941. The second kappa shape index (κ2) is 7.74. The Balaban J connectivity index is 0. The number of aliphatic carboxylic acids is 1. The highest BCUT2D eigenvalue weighted by Crippen LogP contribution is 1.93. The van der Waals surface area contributed by atoms with Crippen molar-refractivity contribution >= 4 is 5.97 Å². The van der Waals surface area contributed by atoms with Gasteiger partial charge in [-0.25, -0.2) is 9.18 Å². The van der Waals surface area contributed by atoms with Gasteiger partial charge in [-0.3, -0.25) is 0 Å². The van der Waals surface area contributed by atoms with Crippen LogP contribution in [-0.4, -0.2) is 11.1 Å². The fraction of sp³-hybridized carbons (Fsp3) is 0. The van der Waals surface area contributed by atoms with Crippen LogP contribution in [0.25, 0.3) is 0 Å². The Morgan fingerprint density at radius 3 is 1.70 bits per heavy atom. The maximum Gasteiger partial charge on any atom is 0.327 e. The highest BCUT2D eigenvalue weighted by Gasteiger charge is 1.78. The molecule has 0 aromatic carbocycles. The lowest BCUT2D eigenvalue weighted by Crippen LogP contribution is -1.82. The van der Waals surface area contributed by atoms with Gasteiger partial charge in [0.05, 0.1) is 0 Å². The van der Waals surface area contributed by atoms with E-state index in [0.29, 0.717) is 0 Å². The molecule has 2 nitrogen and oxygen atoms in total. The molecule has 0 saturated heterocycles. The molecule has 0 amide bonds. The molecule has 0 aliphatic heterocycles. The van der Waals surface area contributed by atoms with E-state index in [1.165, 1.54) is 0 Å². The van der Waals surface area contributed by atoms with Crippen molar-refractivity contribution < 1.29 is 23.1 Å². The Kier molecular flexibility index (Phi) is 8.92. The van der Waals surface area contributed by atoms with Crippen LogP contribution in [0.5, 0.6) is 0 Å². The Morgan fingerprint density at radius 2 is 1.70 bits per heavy atom. The molecule has 0 bridgehead atoms. The third-order valence-electron chi connectivity index (χ3n) is 0.257. The molecule has 0 spiro atoms. The molecular formula is C5H5F3O2. The SMILES string of the molecule is C=CC(=O)O.FC=C(F)F. The van der Waals surface area contributed by atoms with E-state index in [0.717, 1.165) is 6.08 Å². The van der Waals surface area contributed by atoms with E-state index in [1.807, 2.05) is 0 Å². The maximum atomic E-state index is 10.2. The van der Waals surface area contributed by atoms with Crippen LogP contribution in [0.3, 0.4) is 0 Å². The van der Waals surface area contributed by atoms with Crippen molar-refractivity contribution in [3.63, 3.8) is 0 Å². The lowest BCUT2D eigenvalue weighted by Gasteiger charge is -1.64. The third kappa shape index (κ3) is 29.6. The summed E-state index contributed by atoms with van der Waals surface area (Å²) in [7, 11) is 0. The molecule has 0 unspecified atom stereocenters. The first-order valence-electron chi connectivity index (χ1n) is 2.01. The average Bonchev–Trinajstić information content (AvgIpc) is 1.89. The van der Waals surface area contributed by atoms with Crippen LogP contribution in [0.1, 0.15) is 0 Å². The van der Waals surface area contributed by atoms with Crippen LogP contribution < -0.4 is 0 Å². The predicted molar refractivity (Wildman–Crippen MR) is 29.2 cm³/mol. The molecule has 58 valence electrons. The number of carboxylic acids is 1. The van der Waals surface area contributed by atoms with Gasteiger partial charge in [-0.15, -0.1) is 0 Å². The number of carboxylic acid groups (broad SMARTS) is 1. The van der Waals surface area contributed by atoms with Gasteiger partial charge in [-0.1, -0.05) is 6.58 Å². The van der Waals surface area contributed by atoms with Crippen molar-refractivity contribution in [2.75, 3.05) is 0 Å². The minimum Gasteiger partial charge on any atom is -0.478 e. The van der Waals surface area contributed by atoms with E-state index < -0.39 is 18.4 Å². The van der Waals surface area contributed by atoms with Gasteiger partial charge < -0.3 is 5.11 Å². The molecule has 0 aliphatic rings. The Labute approximate surface area is 55.3 Å². The van der Waals surface area contributed by atoms with Gasteiger partial charge in [0.15, 0.2) is 6.33 Å². The summed E-state index contributed by atoms with van der Waals surface area (Å²) in [6, 6.07) is 0. The summed E-state index contributed by atoms with van der Waals surface area (Å²) in [6.07, 6.45) is -2.20. The van der Waals surface area contributed by atoms with E-state index in [-0.39, 0.29) is 0 Å². The molecule has 0 fully saturated rings. The first-order valence-corrected chi connectivity index (χ1v) is 2.01. The average molecular weight is 154 g/mol. The standard InChI is InChI=1S/C3H4O2.C2HF3/c1-2-3(4)5;3-1-2(4)5/h2H,1H2,(H,4,5);1H. The lowest BCUT2D eigenvalue weighted by atomic mass is 10.7. The van der Waals surface area contributed by atoms with Gasteiger partial charge in [0, 0.05) is 6.08 Å². The number of hydrogen-bond donors (Lipinski definition) is 1. The molecule has 5 heteroatoms. The normalized spacial score (nSPS) is 6.70.